The summed E-state index contributed by atoms with van der Waals surface area (Å²) in [6.45, 7) is 1.40. The van der Waals surface area contributed by atoms with E-state index in [1.165, 1.54) is 0 Å². The molecule has 3 N–H and O–H groups in total. The summed E-state index contributed by atoms with van der Waals surface area (Å²) in [5.74, 6) is -0.765. The van der Waals surface area contributed by atoms with Gasteiger partial charge in [-0.3, -0.25) is 9.59 Å². The average Bonchev–Trinajstić information content (AvgIpc) is 3.24. The van der Waals surface area contributed by atoms with E-state index in [9.17, 15) is 9.59 Å². The molecule has 2 aromatic heterocycles. The molecule has 1 amide bonds. The second-order valence-electron chi connectivity index (χ2n) is 6.24. The summed E-state index contributed by atoms with van der Waals surface area (Å²) in [5, 5.41) is 9.12. The van der Waals surface area contributed by atoms with E-state index < -0.39 is 9.58 Å². The van der Waals surface area contributed by atoms with Gasteiger partial charge in [0.2, 0.25) is 5.78 Å². The molecule has 0 unspecified atom stereocenters. The summed E-state index contributed by atoms with van der Waals surface area (Å²) in [5.41, 5.74) is 21.5. The van der Waals surface area contributed by atoms with Crippen molar-refractivity contribution in [2.24, 2.45) is 30.1 Å². The molecule has 0 aromatic carbocycles. The maximum Gasteiger partial charge on any atom is 0.267 e. The van der Waals surface area contributed by atoms with E-state index in [4.69, 9.17) is 51.6 Å². The number of rotatable bonds is 7. The van der Waals surface area contributed by atoms with Crippen LogP contribution in [0.15, 0.2) is 40.5 Å². The van der Waals surface area contributed by atoms with Gasteiger partial charge < -0.3 is 20.2 Å². The van der Waals surface area contributed by atoms with Crippen LogP contribution in [0.1, 0.15) is 21.0 Å². The zero-order chi connectivity index (χ0) is 28.1. The van der Waals surface area contributed by atoms with Gasteiger partial charge in [-0.15, -0.1) is 0 Å². The first-order valence-corrected chi connectivity index (χ1v) is 13.7. The molecule has 36 heavy (non-hydrogen) atoms. The van der Waals surface area contributed by atoms with Crippen LogP contribution in [0, 0.1) is 0 Å². The smallest absolute Gasteiger partial charge is 0.267 e. The molecule has 0 spiro atoms. The summed E-state index contributed by atoms with van der Waals surface area (Å²) in [6.07, 6.45) is 0. The lowest BCUT2D eigenvalue weighted by molar-refractivity contribution is 0.0945. The van der Waals surface area contributed by atoms with Crippen LogP contribution < -0.4 is 11.1 Å². The number of hydrogen-bond acceptors (Lipinski definition) is 5. The first-order chi connectivity index (χ1) is 16.7. The fraction of sp³-hybridized carbons (Fsp3) is 0.412. The molecule has 0 aliphatic rings. The fourth-order valence-electron chi connectivity index (χ4n) is 2.12. The summed E-state index contributed by atoms with van der Waals surface area (Å²) in [4.78, 5) is 28.3. The summed E-state index contributed by atoms with van der Waals surface area (Å²) < 4.78 is 4.45. The van der Waals surface area contributed by atoms with Crippen molar-refractivity contribution in [3.05, 3.63) is 62.6 Å². The van der Waals surface area contributed by atoms with Crippen molar-refractivity contribution in [3.8, 4) is 0 Å². The Labute approximate surface area is 254 Å². The lowest BCUT2D eigenvalue weighted by atomic mass is 10.3. The molecule has 19 heteroatoms. The predicted molar refractivity (Wildman–Crippen MR) is 156 cm³/mol. The van der Waals surface area contributed by atoms with Crippen molar-refractivity contribution in [2.45, 2.75) is 3.79 Å². The van der Waals surface area contributed by atoms with Gasteiger partial charge in [-0.25, -0.2) is 0 Å². The van der Waals surface area contributed by atoms with E-state index in [1.54, 1.807) is 35.4 Å². The maximum atomic E-state index is 11.7. The molecule has 0 bridgehead atoms. The van der Waals surface area contributed by atoms with Crippen LogP contribution in [0.2, 0.25) is 0 Å². The highest BCUT2D eigenvalue weighted by Crippen LogP contribution is 2.34. The minimum Gasteiger partial charge on any atom is -0.351 e. The van der Waals surface area contributed by atoms with Crippen LogP contribution in [0.5, 0.6) is 0 Å². The Kier molecular flexibility index (Phi) is 17.1. The van der Waals surface area contributed by atoms with E-state index in [-0.39, 0.29) is 12.5 Å². The number of ketones is 1. The van der Waals surface area contributed by atoms with E-state index in [0.29, 0.717) is 31.0 Å². The second-order valence-corrected chi connectivity index (χ2v) is 11.7. The van der Waals surface area contributed by atoms with Crippen molar-refractivity contribution in [2.75, 3.05) is 26.2 Å². The Bertz CT molecular complexity index is 1150. The van der Waals surface area contributed by atoms with Gasteiger partial charge in [-0.1, -0.05) is 45.0 Å². The first-order valence-electron chi connectivity index (χ1n) is 9.37. The third-order valence-corrected chi connectivity index (χ3v) is 8.51. The zero-order valence-electron chi connectivity index (χ0n) is 18.6. The van der Waals surface area contributed by atoms with Crippen molar-refractivity contribution in [3.63, 3.8) is 0 Å². The van der Waals surface area contributed by atoms with Gasteiger partial charge >= 0.3 is 0 Å². The average molecular weight is 821 g/mol. The number of nitrogens with zero attached hydrogens (tertiary/aromatic N) is 8. The number of carbonyl (C=O) groups is 2. The standard InChI is InChI=1S/C8H9Br2N5O.C7H4Br2Cl3NO.C2H6N4/c1-15-6(4-5(9)7(15)10)8(16)12-2-3-13-14-11;1-13-4(2-3(8)6(13)9)5(14)7(10,11)12;3-1-2-5-6-4/h4H,2-3H2,1H3,(H,12,16);2H,1H3;1-3H2. The number of nitrogens with one attached hydrogen (secondary N) is 1. The zero-order valence-corrected chi connectivity index (χ0v) is 27.2. The number of alkyl halides is 3. The topological polar surface area (TPSA) is 180 Å². The van der Waals surface area contributed by atoms with E-state index >= 15 is 0 Å². The van der Waals surface area contributed by atoms with Crippen molar-refractivity contribution in [1.29, 1.82) is 0 Å². The summed E-state index contributed by atoms with van der Waals surface area (Å²) in [7, 11) is 3.47. The molecular formula is C17H19Br4Cl3N10O2. The number of hydrogen-bond donors (Lipinski definition) is 2. The number of nitrogens with two attached hydrogens (primary N) is 1. The van der Waals surface area contributed by atoms with E-state index in [1.807, 2.05) is 0 Å². The molecule has 12 nitrogen and oxygen atoms in total. The monoisotopic (exact) mass is 816 g/mol. The highest BCUT2D eigenvalue weighted by atomic mass is 79.9. The first kappa shape index (κ1) is 35.1. The molecule has 198 valence electrons. The molecule has 0 saturated heterocycles. The SMILES string of the molecule is Cn1c(C(=O)C(Cl)(Cl)Cl)cc(Br)c1Br.Cn1c(C(=O)NCCN=[N+]=[N-])cc(Br)c1Br.[N-]=[N+]=NCCN. The summed E-state index contributed by atoms with van der Waals surface area (Å²) in [6, 6.07) is 3.31. The molecule has 2 heterocycles. The van der Waals surface area contributed by atoms with Gasteiger partial charge in [0.15, 0.2) is 0 Å². The molecule has 0 fully saturated rings. The van der Waals surface area contributed by atoms with Crippen LogP contribution in [0.4, 0.5) is 0 Å². The number of carbonyl (C=O) groups excluding carboxylic acids is 2. The molecular weight excluding hydrogens is 802 g/mol. The van der Waals surface area contributed by atoms with Gasteiger partial charge in [0, 0.05) is 43.6 Å². The molecule has 0 atom stereocenters. The van der Waals surface area contributed by atoms with Crippen LogP contribution in [0.25, 0.3) is 20.9 Å². The third kappa shape index (κ3) is 11.6. The number of amides is 1. The van der Waals surface area contributed by atoms with Crippen LogP contribution >= 0.6 is 98.5 Å². The Balaban J connectivity index is 0.000000561. The van der Waals surface area contributed by atoms with Crippen LogP contribution in [-0.4, -0.2) is 50.8 Å². The number of azide groups is 2. The van der Waals surface area contributed by atoms with Gasteiger partial charge in [-0.2, -0.15) is 0 Å². The van der Waals surface area contributed by atoms with Crippen LogP contribution in [0.3, 0.4) is 0 Å². The highest BCUT2D eigenvalue weighted by Gasteiger charge is 2.34. The fourth-order valence-corrected chi connectivity index (χ4v) is 3.99. The Morgan fingerprint density at radius 1 is 0.972 bits per heavy atom. The van der Waals surface area contributed by atoms with E-state index in [2.05, 4.69) is 89.1 Å². The quantitative estimate of drug-likeness (QED) is 0.0768. The highest BCUT2D eigenvalue weighted by molar-refractivity contribution is 9.13. The van der Waals surface area contributed by atoms with Gasteiger partial charge in [0.25, 0.3) is 9.70 Å². The van der Waals surface area contributed by atoms with Crippen molar-refractivity contribution < 1.29 is 9.59 Å². The van der Waals surface area contributed by atoms with Gasteiger partial charge in [0.05, 0.1) is 23.8 Å². The molecule has 0 aliphatic heterocycles. The minimum absolute atomic E-state index is 0.206. The number of aromatic nitrogens is 2. The molecule has 2 aromatic rings. The lowest BCUT2D eigenvalue weighted by Crippen LogP contribution is -2.27. The molecule has 0 saturated carbocycles. The van der Waals surface area contributed by atoms with Crippen molar-refractivity contribution in [1.82, 2.24) is 14.5 Å². The molecule has 2 rings (SSSR count). The minimum atomic E-state index is -1.93. The Hall–Kier alpha value is -0.930. The number of Topliss-reactive ketones (excluding diaryl/α,β-unsaturated/α-hetero) is 1. The van der Waals surface area contributed by atoms with Crippen molar-refractivity contribution >= 4 is 110 Å². The molecule has 0 aliphatic carbocycles. The Morgan fingerprint density at radius 2 is 1.42 bits per heavy atom. The lowest BCUT2D eigenvalue weighted by Gasteiger charge is -2.09. The van der Waals surface area contributed by atoms with Gasteiger partial charge in [0.1, 0.15) is 5.69 Å². The third-order valence-electron chi connectivity index (χ3n) is 3.81. The number of halogens is 7. The second kappa shape index (κ2) is 17.6. The predicted octanol–water partition coefficient (Wildman–Crippen LogP) is 6.95. The molecule has 0 radical (unpaired) electrons. The van der Waals surface area contributed by atoms with Crippen LogP contribution in [-0.2, 0) is 14.1 Å². The largest absolute Gasteiger partial charge is 0.351 e. The van der Waals surface area contributed by atoms with Gasteiger partial charge in [-0.05, 0) is 93.5 Å². The normalized spacial score (nSPS) is 10.1. The van der Waals surface area contributed by atoms with E-state index in [0.717, 1.165) is 18.2 Å². The maximum absolute atomic E-state index is 11.7. The Morgan fingerprint density at radius 3 is 1.75 bits per heavy atom. The summed E-state index contributed by atoms with van der Waals surface area (Å²) >= 11 is 29.6.